The number of hydrogen-bond acceptors (Lipinski definition) is 6. The normalized spacial score (nSPS) is 20.8. The second-order valence-electron chi connectivity index (χ2n) is 5.88. The van der Waals surface area contributed by atoms with Gasteiger partial charge in [-0.25, -0.2) is 9.97 Å². The Hall–Kier alpha value is -2.08. The fraction of sp³-hybridized carbons (Fsp3) is 0.556. The molecule has 0 saturated heterocycles. The minimum atomic E-state index is 0.175. The number of fused-ring (bicyclic) bond motifs is 1. The second-order valence-corrected chi connectivity index (χ2v) is 5.88. The van der Waals surface area contributed by atoms with Crippen molar-refractivity contribution in [1.82, 2.24) is 9.97 Å². The Morgan fingerprint density at radius 1 is 0.958 bits per heavy atom. The predicted octanol–water partition coefficient (Wildman–Crippen LogP) is 3.37. The van der Waals surface area contributed by atoms with E-state index in [-0.39, 0.29) is 6.10 Å². The van der Waals surface area contributed by atoms with Crippen LogP contribution in [-0.4, -0.2) is 43.0 Å². The van der Waals surface area contributed by atoms with Crippen LogP contribution in [0.25, 0.3) is 11.0 Å². The Balaban J connectivity index is 1.72. The van der Waals surface area contributed by atoms with E-state index in [4.69, 9.17) is 18.9 Å². The van der Waals surface area contributed by atoms with Gasteiger partial charge in [0.15, 0.2) is 11.5 Å². The summed E-state index contributed by atoms with van der Waals surface area (Å²) in [5, 5.41) is 0. The van der Waals surface area contributed by atoms with Gasteiger partial charge in [-0.2, -0.15) is 0 Å². The second kappa shape index (κ2) is 7.66. The zero-order valence-electron chi connectivity index (χ0n) is 14.4. The summed E-state index contributed by atoms with van der Waals surface area (Å²) in [6, 6.07) is 3.64. The smallest absolute Gasteiger partial charge is 0.233 e. The Morgan fingerprint density at radius 3 is 2.21 bits per heavy atom. The average Bonchev–Trinajstić information content (AvgIpc) is 2.62. The number of rotatable bonds is 6. The van der Waals surface area contributed by atoms with Crippen LogP contribution < -0.4 is 14.2 Å². The van der Waals surface area contributed by atoms with Crippen LogP contribution in [0.4, 0.5) is 0 Å². The molecule has 130 valence electrons. The first kappa shape index (κ1) is 16.8. The molecule has 1 aliphatic carbocycles. The van der Waals surface area contributed by atoms with Crippen molar-refractivity contribution in [2.75, 3.05) is 20.8 Å². The van der Waals surface area contributed by atoms with Gasteiger partial charge in [0.2, 0.25) is 5.88 Å². The molecule has 1 aliphatic rings. The van der Waals surface area contributed by atoms with Gasteiger partial charge < -0.3 is 18.9 Å². The molecule has 1 aromatic carbocycles. The van der Waals surface area contributed by atoms with E-state index in [1.165, 1.54) is 0 Å². The molecule has 0 spiro atoms. The van der Waals surface area contributed by atoms with Crippen LogP contribution in [0.5, 0.6) is 17.4 Å². The van der Waals surface area contributed by atoms with E-state index in [2.05, 4.69) is 9.97 Å². The minimum Gasteiger partial charge on any atom is -0.493 e. The topological polar surface area (TPSA) is 62.7 Å². The number of aromatic nitrogens is 2. The lowest BCUT2D eigenvalue weighted by molar-refractivity contribution is 0.00788. The van der Waals surface area contributed by atoms with Gasteiger partial charge in [0, 0.05) is 18.7 Å². The minimum absolute atomic E-state index is 0.175. The number of methoxy groups -OCH3 is 2. The molecule has 0 amide bonds. The van der Waals surface area contributed by atoms with Crippen molar-refractivity contribution < 1.29 is 18.9 Å². The van der Waals surface area contributed by atoms with Crippen LogP contribution in [0.3, 0.4) is 0 Å². The lowest BCUT2D eigenvalue weighted by Gasteiger charge is -2.28. The summed E-state index contributed by atoms with van der Waals surface area (Å²) in [7, 11) is 3.21. The Labute approximate surface area is 142 Å². The van der Waals surface area contributed by atoms with Crippen molar-refractivity contribution in [3.63, 3.8) is 0 Å². The molecule has 0 bridgehead atoms. The maximum atomic E-state index is 6.02. The molecule has 3 rings (SSSR count). The van der Waals surface area contributed by atoms with Gasteiger partial charge in [0.1, 0.15) is 6.10 Å². The average molecular weight is 332 g/mol. The number of ether oxygens (including phenoxy) is 4. The molecular weight excluding hydrogens is 308 g/mol. The summed E-state index contributed by atoms with van der Waals surface area (Å²) in [6.07, 6.45) is 6.24. The number of benzene rings is 1. The van der Waals surface area contributed by atoms with E-state index in [1.807, 2.05) is 19.1 Å². The van der Waals surface area contributed by atoms with Crippen molar-refractivity contribution in [3.05, 3.63) is 18.3 Å². The van der Waals surface area contributed by atoms with Crippen LogP contribution in [-0.2, 0) is 4.74 Å². The van der Waals surface area contributed by atoms with Crippen LogP contribution >= 0.6 is 0 Å². The van der Waals surface area contributed by atoms with Crippen molar-refractivity contribution in [2.45, 2.75) is 44.8 Å². The van der Waals surface area contributed by atoms with Gasteiger partial charge in [-0.3, -0.25) is 0 Å². The summed E-state index contributed by atoms with van der Waals surface area (Å²) >= 11 is 0. The van der Waals surface area contributed by atoms with E-state index in [9.17, 15) is 0 Å². The first-order valence-electron chi connectivity index (χ1n) is 8.40. The molecule has 2 aromatic rings. The van der Waals surface area contributed by atoms with Crippen molar-refractivity contribution in [2.24, 2.45) is 0 Å². The molecular formula is C18H24N2O4. The summed E-state index contributed by atoms with van der Waals surface area (Å²) in [6.45, 7) is 2.81. The monoisotopic (exact) mass is 332 g/mol. The highest BCUT2D eigenvalue weighted by Crippen LogP contribution is 2.31. The summed E-state index contributed by atoms with van der Waals surface area (Å²) in [4.78, 5) is 8.98. The molecule has 0 radical (unpaired) electrons. The van der Waals surface area contributed by atoms with E-state index in [0.717, 1.165) is 43.3 Å². The van der Waals surface area contributed by atoms with Crippen LogP contribution in [0, 0.1) is 0 Å². The molecule has 0 unspecified atom stereocenters. The van der Waals surface area contributed by atoms with Gasteiger partial charge in [0.05, 0.1) is 37.6 Å². The summed E-state index contributed by atoms with van der Waals surface area (Å²) in [5.74, 6) is 1.82. The maximum Gasteiger partial charge on any atom is 0.233 e. The lowest BCUT2D eigenvalue weighted by Crippen LogP contribution is -2.28. The fourth-order valence-electron chi connectivity index (χ4n) is 3.10. The molecule has 6 nitrogen and oxygen atoms in total. The quantitative estimate of drug-likeness (QED) is 0.808. The SMILES string of the molecule is CCOC1CCC(Oc2cnc3cc(OC)c(OC)cc3n2)CC1. The standard InChI is InChI=1S/C18H24N2O4/c1-4-23-12-5-7-13(8-6-12)24-18-11-19-14-9-16(21-2)17(22-3)10-15(14)20-18/h9-13H,4-8H2,1-3H3. The zero-order chi connectivity index (χ0) is 16.9. The van der Waals surface area contributed by atoms with Crippen molar-refractivity contribution in [3.8, 4) is 17.4 Å². The van der Waals surface area contributed by atoms with Crippen LogP contribution in [0.15, 0.2) is 18.3 Å². The first-order valence-corrected chi connectivity index (χ1v) is 8.40. The highest BCUT2D eigenvalue weighted by Gasteiger charge is 2.23. The molecule has 1 fully saturated rings. The summed E-state index contributed by atoms with van der Waals surface area (Å²) < 4.78 is 22.3. The largest absolute Gasteiger partial charge is 0.493 e. The molecule has 1 heterocycles. The van der Waals surface area contributed by atoms with Crippen LogP contribution in [0.2, 0.25) is 0 Å². The van der Waals surface area contributed by atoms with Gasteiger partial charge in [-0.1, -0.05) is 0 Å². The Morgan fingerprint density at radius 2 is 1.58 bits per heavy atom. The highest BCUT2D eigenvalue weighted by atomic mass is 16.5. The molecule has 1 aromatic heterocycles. The fourth-order valence-corrected chi connectivity index (χ4v) is 3.10. The molecule has 0 N–H and O–H groups in total. The zero-order valence-corrected chi connectivity index (χ0v) is 14.4. The molecule has 24 heavy (non-hydrogen) atoms. The number of nitrogens with zero attached hydrogens (tertiary/aromatic N) is 2. The molecule has 6 heteroatoms. The van der Waals surface area contributed by atoms with E-state index >= 15 is 0 Å². The third kappa shape index (κ3) is 3.70. The lowest BCUT2D eigenvalue weighted by atomic mass is 9.95. The third-order valence-corrected chi connectivity index (χ3v) is 4.34. The number of hydrogen-bond donors (Lipinski definition) is 0. The predicted molar refractivity (Wildman–Crippen MR) is 90.9 cm³/mol. The van der Waals surface area contributed by atoms with Crippen molar-refractivity contribution >= 4 is 11.0 Å². The van der Waals surface area contributed by atoms with E-state index < -0.39 is 0 Å². The molecule has 1 saturated carbocycles. The maximum absolute atomic E-state index is 6.02. The Kier molecular flexibility index (Phi) is 5.35. The third-order valence-electron chi connectivity index (χ3n) is 4.34. The van der Waals surface area contributed by atoms with E-state index in [1.54, 1.807) is 20.4 Å². The Bertz CT molecular complexity index is 684. The molecule has 0 atom stereocenters. The van der Waals surface area contributed by atoms with Gasteiger partial charge in [-0.05, 0) is 32.6 Å². The van der Waals surface area contributed by atoms with Crippen LogP contribution in [0.1, 0.15) is 32.6 Å². The van der Waals surface area contributed by atoms with Gasteiger partial charge in [0.25, 0.3) is 0 Å². The van der Waals surface area contributed by atoms with Gasteiger partial charge in [-0.15, -0.1) is 0 Å². The first-order chi connectivity index (χ1) is 11.7. The van der Waals surface area contributed by atoms with Gasteiger partial charge >= 0.3 is 0 Å². The summed E-state index contributed by atoms with van der Waals surface area (Å²) in [5.41, 5.74) is 1.48. The van der Waals surface area contributed by atoms with E-state index in [0.29, 0.717) is 23.5 Å². The highest BCUT2D eigenvalue weighted by molar-refractivity contribution is 5.79. The van der Waals surface area contributed by atoms with Crippen molar-refractivity contribution in [1.29, 1.82) is 0 Å². The molecule has 0 aliphatic heterocycles.